The molecule has 0 saturated heterocycles. The fourth-order valence-corrected chi connectivity index (χ4v) is 1.98. The molecule has 2 aromatic carbocycles. The summed E-state index contributed by atoms with van der Waals surface area (Å²) in [4.78, 5) is 20.5. The smallest absolute Gasteiger partial charge is 0.231 e. The van der Waals surface area contributed by atoms with Crippen molar-refractivity contribution in [2.75, 3.05) is 6.79 Å². The maximum atomic E-state index is 12.1. The highest BCUT2D eigenvalue weighted by Crippen LogP contribution is 2.36. The van der Waals surface area contributed by atoms with Crippen LogP contribution in [0.2, 0.25) is 0 Å². The molecular formula is C15H10BrFO4. The number of aldehydes is 2. The molecule has 108 valence electrons. The summed E-state index contributed by atoms with van der Waals surface area (Å²) in [5.41, 5.74) is 1.07. The quantitative estimate of drug-likeness (QED) is 0.774. The van der Waals surface area contributed by atoms with Crippen molar-refractivity contribution in [3.05, 3.63) is 57.8 Å². The van der Waals surface area contributed by atoms with Gasteiger partial charge in [-0.2, -0.15) is 0 Å². The largest absolute Gasteiger partial charge is 0.454 e. The van der Waals surface area contributed by atoms with Gasteiger partial charge in [0, 0.05) is 15.6 Å². The summed E-state index contributed by atoms with van der Waals surface area (Å²) in [7, 11) is 0. The predicted octanol–water partition coefficient (Wildman–Crippen LogP) is 3.63. The Morgan fingerprint density at radius 3 is 2.19 bits per heavy atom. The first kappa shape index (κ1) is 15.2. The summed E-state index contributed by atoms with van der Waals surface area (Å²) in [6.07, 6.45) is 1.45. The monoisotopic (exact) mass is 352 g/mol. The summed E-state index contributed by atoms with van der Waals surface area (Å²) < 4.78 is 23.0. The molecule has 0 amide bonds. The van der Waals surface area contributed by atoms with Crippen molar-refractivity contribution < 1.29 is 23.5 Å². The minimum absolute atomic E-state index is 0.226. The van der Waals surface area contributed by atoms with Crippen molar-refractivity contribution in [1.29, 1.82) is 0 Å². The van der Waals surface area contributed by atoms with E-state index < -0.39 is 0 Å². The van der Waals surface area contributed by atoms with Crippen molar-refractivity contribution in [1.82, 2.24) is 0 Å². The highest BCUT2D eigenvalue weighted by Gasteiger charge is 2.15. The van der Waals surface area contributed by atoms with E-state index in [1.54, 1.807) is 12.1 Å². The lowest BCUT2D eigenvalue weighted by Crippen LogP contribution is -1.92. The third-order valence-corrected chi connectivity index (χ3v) is 3.31. The van der Waals surface area contributed by atoms with Gasteiger partial charge in [-0.05, 0) is 52.3 Å². The van der Waals surface area contributed by atoms with Gasteiger partial charge in [0.1, 0.15) is 12.1 Å². The third kappa shape index (κ3) is 3.88. The Hall–Kier alpha value is -2.21. The van der Waals surface area contributed by atoms with Gasteiger partial charge in [0.05, 0.1) is 0 Å². The molecule has 4 nitrogen and oxygen atoms in total. The normalized spacial score (nSPS) is 11.3. The molecule has 3 rings (SSSR count). The van der Waals surface area contributed by atoms with E-state index in [1.165, 1.54) is 24.3 Å². The van der Waals surface area contributed by atoms with Crippen molar-refractivity contribution in [3.8, 4) is 11.5 Å². The van der Waals surface area contributed by atoms with Gasteiger partial charge < -0.3 is 9.47 Å². The molecule has 2 aromatic rings. The second kappa shape index (κ2) is 6.99. The van der Waals surface area contributed by atoms with Gasteiger partial charge in [-0.15, -0.1) is 0 Å². The Kier molecular flexibility index (Phi) is 5.05. The molecule has 21 heavy (non-hydrogen) atoms. The molecule has 0 N–H and O–H groups in total. The zero-order valence-electron chi connectivity index (χ0n) is 10.7. The van der Waals surface area contributed by atoms with Crippen molar-refractivity contribution in [2.24, 2.45) is 0 Å². The van der Waals surface area contributed by atoms with Crippen LogP contribution in [0.5, 0.6) is 11.5 Å². The number of hydrogen-bond donors (Lipinski definition) is 0. The van der Waals surface area contributed by atoms with Crippen LogP contribution in [0.15, 0.2) is 40.9 Å². The van der Waals surface area contributed by atoms with Crippen LogP contribution in [-0.2, 0) is 0 Å². The topological polar surface area (TPSA) is 52.6 Å². The lowest BCUT2D eigenvalue weighted by molar-refractivity contribution is 0.111. The second-order valence-corrected chi connectivity index (χ2v) is 4.87. The zero-order chi connectivity index (χ0) is 15.2. The van der Waals surface area contributed by atoms with E-state index in [2.05, 4.69) is 15.9 Å². The average molecular weight is 353 g/mol. The summed E-state index contributed by atoms with van der Waals surface area (Å²) in [5, 5.41) is 0. The van der Waals surface area contributed by atoms with Gasteiger partial charge in [-0.3, -0.25) is 9.59 Å². The molecule has 1 heterocycles. The van der Waals surface area contributed by atoms with E-state index in [9.17, 15) is 14.0 Å². The maximum absolute atomic E-state index is 12.1. The summed E-state index contributed by atoms with van der Waals surface area (Å²) in [6.45, 7) is 0.226. The first-order chi connectivity index (χ1) is 10.1. The Balaban J connectivity index is 0.000000161. The molecule has 0 saturated carbocycles. The van der Waals surface area contributed by atoms with Crippen LogP contribution in [0.3, 0.4) is 0 Å². The summed E-state index contributed by atoms with van der Waals surface area (Å²) >= 11 is 3.24. The minimum atomic E-state index is -0.319. The van der Waals surface area contributed by atoms with E-state index >= 15 is 0 Å². The van der Waals surface area contributed by atoms with E-state index in [-0.39, 0.29) is 12.6 Å². The van der Waals surface area contributed by atoms with Gasteiger partial charge >= 0.3 is 0 Å². The highest BCUT2D eigenvalue weighted by atomic mass is 79.9. The number of ether oxygens (including phenoxy) is 2. The Bertz CT molecular complexity index is 655. The van der Waals surface area contributed by atoms with Gasteiger partial charge in [0.15, 0.2) is 17.8 Å². The molecule has 0 aliphatic carbocycles. The van der Waals surface area contributed by atoms with Gasteiger partial charge in [-0.1, -0.05) is 0 Å². The molecule has 0 radical (unpaired) electrons. The fraction of sp³-hybridized carbons (Fsp3) is 0.0667. The lowest BCUT2D eigenvalue weighted by Gasteiger charge is -1.98. The fourth-order valence-electron chi connectivity index (χ4n) is 1.56. The molecule has 0 bridgehead atoms. The van der Waals surface area contributed by atoms with E-state index in [0.717, 1.165) is 10.8 Å². The van der Waals surface area contributed by atoms with Gasteiger partial charge in [0.25, 0.3) is 0 Å². The molecule has 0 atom stereocenters. The third-order valence-electron chi connectivity index (χ3n) is 2.62. The molecule has 0 fully saturated rings. The van der Waals surface area contributed by atoms with Crippen LogP contribution in [0.1, 0.15) is 20.7 Å². The molecule has 1 aliphatic heterocycles. The second-order valence-electron chi connectivity index (χ2n) is 4.01. The van der Waals surface area contributed by atoms with Gasteiger partial charge in [0.2, 0.25) is 6.79 Å². The maximum Gasteiger partial charge on any atom is 0.231 e. The molecule has 6 heteroatoms. The van der Waals surface area contributed by atoms with E-state index in [0.29, 0.717) is 28.9 Å². The van der Waals surface area contributed by atoms with Crippen molar-refractivity contribution in [3.63, 3.8) is 0 Å². The number of benzene rings is 2. The zero-order valence-corrected chi connectivity index (χ0v) is 12.3. The number of fused-ring (bicyclic) bond motifs is 1. The molecule has 0 unspecified atom stereocenters. The number of rotatable bonds is 2. The Labute approximate surface area is 128 Å². The van der Waals surface area contributed by atoms with E-state index in [1.807, 2.05) is 0 Å². The average Bonchev–Trinajstić information content (AvgIpc) is 2.95. The van der Waals surface area contributed by atoms with Crippen LogP contribution >= 0.6 is 15.9 Å². The number of halogens is 2. The standard InChI is InChI=1S/C8H5BrO3.C7H5FO/c9-6-2-8-7(11-4-12-8)1-5(6)3-10;8-7-3-1-6(5-9)2-4-7/h1-3H,4H2;1-5H. The molecule has 0 aromatic heterocycles. The Morgan fingerprint density at radius 2 is 1.62 bits per heavy atom. The number of hydrogen-bond acceptors (Lipinski definition) is 4. The van der Waals surface area contributed by atoms with Crippen LogP contribution in [-0.4, -0.2) is 19.4 Å². The summed E-state index contributed by atoms with van der Waals surface area (Å²) in [6, 6.07) is 8.75. The Morgan fingerprint density at radius 1 is 1.00 bits per heavy atom. The first-order valence-electron chi connectivity index (χ1n) is 5.89. The number of carbonyl (C=O) groups is 2. The number of carbonyl (C=O) groups excluding carboxylic acids is 2. The summed E-state index contributed by atoms with van der Waals surface area (Å²) in [5.74, 6) is 0.980. The SMILES string of the molecule is O=Cc1cc2c(cc1Br)OCO2.O=Cc1ccc(F)cc1. The van der Waals surface area contributed by atoms with Crippen LogP contribution < -0.4 is 9.47 Å². The van der Waals surface area contributed by atoms with Crippen LogP contribution in [0.4, 0.5) is 4.39 Å². The van der Waals surface area contributed by atoms with Crippen molar-refractivity contribution in [2.45, 2.75) is 0 Å². The van der Waals surface area contributed by atoms with Crippen LogP contribution in [0.25, 0.3) is 0 Å². The van der Waals surface area contributed by atoms with Gasteiger partial charge in [-0.25, -0.2) is 4.39 Å². The first-order valence-corrected chi connectivity index (χ1v) is 6.68. The molecule has 1 aliphatic rings. The van der Waals surface area contributed by atoms with E-state index in [4.69, 9.17) is 9.47 Å². The highest BCUT2D eigenvalue weighted by molar-refractivity contribution is 9.10. The lowest BCUT2D eigenvalue weighted by atomic mass is 10.2. The predicted molar refractivity (Wildman–Crippen MR) is 77.4 cm³/mol. The minimum Gasteiger partial charge on any atom is -0.454 e. The van der Waals surface area contributed by atoms with Crippen molar-refractivity contribution >= 4 is 28.5 Å². The van der Waals surface area contributed by atoms with Crippen LogP contribution in [0, 0.1) is 5.82 Å². The molecule has 0 spiro atoms. The molecular weight excluding hydrogens is 343 g/mol.